The van der Waals surface area contributed by atoms with Crippen LogP contribution in [0.15, 0.2) is 30.3 Å². The van der Waals surface area contributed by atoms with E-state index in [4.69, 9.17) is 5.73 Å². The van der Waals surface area contributed by atoms with Gasteiger partial charge in [0.05, 0.1) is 5.92 Å². The zero-order valence-corrected chi connectivity index (χ0v) is 14.1. The molecule has 0 aliphatic heterocycles. The molecule has 0 aromatic heterocycles. The summed E-state index contributed by atoms with van der Waals surface area (Å²) < 4.78 is 0. The van der Waals surface area contributed by atoms with Gasteiger partial charge in [-0.1, -0.05) is 43.2 Å². The van der Waals surface area contributed by atoms with Crippen LogP contribution in [0.2, 0.25) is 0 Å². The van der Waals surface area contributed by atoms with Crippen LogP contribution in [0.25, 0.3) is 0 Å². The van der Waals surface area contributed by atoms with Gasteiger partial charge in [-0.3, -0.25) is 4.79 Å². The second kappa shape index (κ2) is 7.01. The fraction of sp³-hybridized carbons (Fsp3) is 0.611. The van der Waals surface area contributed by atoms with E-state index >= 15 is 0 Å². The molecule has 0 saturated heterocycles. The van der Waals surface area contributed by atoms with Crippen LogP contribution >= 0.6 is 12.4 Å². The molecule has 0 heterocycles. The Morgan fingerprint density at radius 3 is 2.55 bits per heavy atom. The lowest BCUT2D eigenvalue weighted by Crippen LogP contribution is -2.55. The van der Waals surface area contributed by atoms with Crippen molar-refractivity contribution >= 4 is 18.3 Å². The highest BCUT2D eigenvalue weighted by Gasteiger charge is 2.40. The second-order valence-electron chi connectivity index (χ2n) is 7.09. The first kappa shape index (κ1) is 17.3. The summed E-state index contributed by atoms with van der Waals surface area (Å²) in [5, 5.41) is 3.22. The van der Waals surface area contributed by atoms with Crippen LogP contribution in [0.1, 0.15) is 56.9 Å². The first-order chi connectivity index (χ1) is 10.1. The molecule has 0 bridgehead atoms. The van der Waals surface area contributed by atoms with Crippen LogP contribution in [0.5, 0.6) is 0 Å². The minimum absolute atomic E-state index is 0. The van der Waals surface area contributed by atoms with Gasteiger partial charge in [-0.25, -0.2) is 0 Å². The number of nitrogens with two attached hydrogens (primary N) is 1. The Labute approximate surface area is 139 Å². The molecular formula is C18H27ClN2O. The minimum atomic E-state index is -0.328. The summed E-state index contributed by atoms with van der Waals surface area (Å²) in [5.41, 5.74) is 7.38. The van der Waals surface area contributed by atoms with Crippen molar-refractivity contribution in [1.29, 1.82) is 0 Å². The van der Waals surface area contributed by atoms with Gasteiger partial charge in [-0.05, 0) is 44.1 Å². The molecule has 1 aromatic carbocycles. The van der Waals surface area contributed by atoms with Crippen molar-refractivity contribution in [2.75, 3.05) is 0 Å². The van der Waals surface area contributed by atoms with Gasteiger partial charge in [0.25, 0.3) is 0 Å². The number of hydrogen-bond donors (Lipinski definition) is 2. The number of amides is 1. The molecule has 22 heavy (non-hydrogen) atoms. The topological polar surface area (TPSA) is 55.1 Å². The van der Waals surface area contributed by atoms with E-state index in [9.17, 15) is 4.79 Å². The highest BCUT2D eigenvalue weighted by Crippen LogP contribution is 2.38. The van der Waals surface area contributed by atoms with Gasteiger partial charge in [0.15, 0.2) is 0 Å². The predicted molar refractivity (Wildman–Crippen MR) is 92.1 cm³/mol. The normalized spacial score (nSPS) is 34.2. The molecule has 3 rings (SSSR count). The molecule has 2 unspecified atom stereocenters. The molecule has 122 valence electrons. The Balaban J connectivity index is 0.00000176. The van der Waals surface area contributed by atoms with Crippen LogP contribution in [0, 0.1) is 5.92 Å². The lowest BCUT2D eigenvalue weighted by Gasteiger charge is -2.41. The zero-order chi connectivity index (χ0) is 14.9. The number of carbonyl (C=O) groups excluding carboxylic acids is 1. The first-order valence-corrected chi connectivity index (χ1v) is 8.20. The quantitative estimate of drug-likeness (QED) is 0.896. The molecule has 1 amide bonds. The molecular weight excluding hydrogens is 296 g/mol. The average Bonchev–Trinajstić information content (AvgIpc) is 2.42. The molecule has 4 heteroatoms. The summed E-state index contributed by atoms with van der Waals surface area (Å²) in [7, 11) is 0. The van der Waals surface area contributed by atoms with Gasteiger partial charge in [0.1, 0.15) is 0 Å². The van der Waals surface area contributed by atoms with Gasteiger partial charge >= 0.3 is 0 Å². The van der Waals surface area contributed by atoms with Crippen LogP contribution in [-0.2, 0) is 4.79 Å². The van der Waals surface area contributed by atoms with E-state index in [1.54, 1.807) is 0 Å². The van der Waals surface area contributed by atoms with Gasteiger partial charge in [-0.2, -0.15) is 0 Å². The first-order valence-electron chi connectivity index (χ1n) is 8.20. The fourth-order valence-electron chi connectivity index (χ4n) is 3.82. The van der Waals surface area contributed by atoms with Crippen LogP contribution in [0.4, 0.5) is 0 Å². The number of carbonyl (C=O) groups is 1. The largest absolute Gasteiger partial charge is 0.353 e. The Hall–Kier alpha value is -1.06. The Kier molecular flexibility index (Phi) is 5.51. The molecule has 2 saturated carbocycles. The van der Waals surface area contributed by atoms with E-state index < -0.39 is 0 Å². The highest BCUT2D eigenvalue weighted by molar-refractivity contribution is 5.85. The van der Waals surface area contributed by atoms with Crippen LogP contribution in [0.3, 0.4) is 0 Å². The molecule has 0 spiro atoms. The summed E-state index contributed by atoms with van der Waals surface area (Å²) in [4.78, 5) is 12.5. The van der Waals surface area contributed by atoms with Crippen molar-refractivity contribution in [2.24, 2.45) is 11.7 Å². The van der Waals surface area contributed by atoms with Crippen molar-refractivity contribution in [3.63, 3.8) is 0 Å². The molecule has 0 radical (unpaired) electrons. The molecule has 2 fully saturated rings. The smallest absolute Gasteiger partial charge is 0.225 e. The van der Waals surface area contributed by atoms with Crippen molar-refractivity contribution in [3.05, 3.63) is 35.9 Å². The number of benzene rings is 1. The Morgan fingerprint density at radius 1 is 1.23 bits per heavy atom. The lowest BCUT2D eigenvalue weighted by molar-refractivity contribution is -0.129. The van der Waals surface area contributed by atoms with E-state index in [1.165, 1.54) is 5.56 Å². The summed E-state index contributed by atoms with van der Waals surface area (Å²) >= 11 is 0. The minimum Gasteiger partial charge on any atom is -0.353 e. The third-order valence-electron chi connectivity index (χ3n) is 5.33. The van der Waals surface area contributed by atoms with Crippen molar-refractivity contribution in [2.45, 2.75) is 62.9 Å². The summed E-state index contributed by atoms with van der Waals surface area (Å²) in [6.45, 7) is 2.03. The summed E-state index contributed by atoms with van der Waals surface area (Å²) in [6.07, 6.45) is 6.29. The number of halogens is 1. The molecule has 3 N–H and O–H groups in total. The van der Waals surface area contributed by atoms with E-state index in [1.807, 2.05) is 13.0 Å². The third kappa shape index (κ3) is 3.64. The molecule has 1 aromatic rings. The third-order valence-corrected chi connectivity index (χ3v) is 5.33. The van der Waals surface area contributed by atoms with Gasteiger partial charge < -0.3 is 11.1 Å². The van der Waals surface area contributed by atoms with Crippen molar-refractivity contribution in [3.8, 4) is 0 Å². The SMILES string of the molecule is CC1(N)CCCCC1C(=O)NC1CC(c2ccccc2)C1.Cl. The van der Waals surface area contributed by atoms with Gasteiger partial charge in [0, 0.05) is 11.6 Å². The maximum atomic E-state index is 12.5. The van der Waals surface area contributed by atoms with Crippen LogP contribution in [-0.4, -0.2) is 17.5 Å². The monoisotopic (exact) mass is 322 g/mol. The van der Waals surface area contributed by atoms with E-state index in [0.29, 0.717) is 12.0 Å². The predicted octanol–water partition coefficient (Wildman–Crippen LogP) is 3.38. The maximum absolute atomic E-state index is 12.5. The Morgan fingerprint density at radius 2 is 1.91 bits per heavy atom. The van der Waals surface area contributed by atoms with Crippen LogP contribution < -0.4 is 11.1 Å². The van der Waals surface area contributed by atoms with Crippen molar-refractivity contribution in [1.82, 2.24) is 5.32 Å². The zero-order valence-electron chi connectivity index (χ0n) is 13.3. The second-order valence-corrected chi connectivity index (χ2v) is 7.09. The summed E-state index contributed by atoms with van der Waals surface area (Å²) in [5.74, 6) is 0.769. The fourth-order valence-corrected chi connectivity index (χ4v) is 3.82. The molecule has 3 nitrogen and oxygen atoms in total. The average molecular weight is 323 g/mol. The van der Waals surface area contributed by atoms with E-state index in [0.717, 1.165) is 38.5 Å². The number of rotatable bonds is 3. The van der Waals surface area contributed by atoms with Crippen molar-refractivity contribution < 1.29 is 4.79 Å². The van der Waals surface area contributed by atoms with E-state index in [2.05, 4.69) is 29.6 Å². The van der Waals surface area contributed by atoms with E-state index in [-0.39, 0.29) is 29.8 Å². The molecule has 2 aliphatic rings. The molecule has 2 atom stereocenters. The number of nitrogens with one attached hydrogen (secondary N) is 1. The molecule has 2 aliphatic carbocycles. The summed E-state index contributed by atoms with van der Waals surface area (Å²) in [6, 6.07) is 10.9. The van der Waals surface area contributed by atoms with Gasteiger partial charge in [0.2, 0.25) is 5.91 Å². The lowest BCUT2D eigenvalue weighted by atomic mass is 9.72. The highest BCUT2D eigenvalue weighted by atomic mass is 35.5. The Bertz CT molecular complexity index is 497. The van der Waals surface area contributed by atoms with Gasteiger partial charge in [-0.15, -0.1) is 12.4 Å². The standard InChI is InChI=1S/C18H26N2O.ClH/c1-18(19)10-6-5-9-16(18)17(21)20-15-11-14(12-15)13-7-3-2-4-8-13;/h2-4,7-8,14-16H,5-6,9-12,19H2,1H3,(H,20,21);1H. The maximum Gasteiger partial charge on any atom is 0.225 e. The number of hydrogen-bond acceptors (Lipinski definition) is 2.